The Kier molecular flexibility index (Phi) is 3.70. The van der Waals surface area contributed by atoms with Gasteiger partial charge in [0.1, 0.15) is 5.75 Å². The maximum Gasteiger partial charge on any atom is 0.159 e. The van der Waals surface area contributed by atoms with E-state index in [9.17, 15) is 4.79 Å². The summed E-state index contributed by atoms with van der Waals surface area (Å²) in [4.78, 5) is 11.4. The molecule has 0 aromatic heterocycles. The van der Waals surface area contributed by atoms with Gasteiger partial charge in [0.25, 0.3) is 0 Å². The number of carbonyl (C=O) groups is 1. The molecule has 0 saturated heterocycles. The van der Waals surface area contributed by atoms with Gasteiger partial charge in [0.05, 0.1) is 7.11 Å². The third-order valence-electron chi connectivity index (χ3n) is 3.27. The minimum Gasteiger partial charge on any atom is -0.496 e. The van der Waals surface area contributed by atoms with Crippen molar-refractivity contribution in [1.82, 2.24) is 0 Å². The molecule has 0 fully saturated rings. The molecular weight excluding hydrogens is 236 g/mol. The van der Waals surface area contributed by atoms with Gasteiger partial charge in [-0.15, -0.1) is 0 Å². The third kappa shape index (κ3) is 2.68. The molecule has 19 heavy (non-hydrogen) atoms. The van der Waals surface area contributed by atoms with Crippen molar-refractivity contribution in [3.05, 3.63) is 53.1 Å². The van der Waals surface area contributed by atoms with Crippen molar-refractivity contribution in [2.75, 3.05) is 7.11 Å². The second-order valence-electron chi connectivity index (χ2n) is 4.78. The fourth-order valence-corrected chi connectivity index (χ4v) is 2.36. The van der Waals surface area contributed by atoms with Gasteiger partial charge in [0, 0.05) is 5.56 Å². The number of aryl methyl sites for hydroxylation is 2. The molecule has 0 aliphatic carbocycles. The van der Waals surface area contributed by atoms with Gasteiger partial charge in [0.2, 0.25) is 0 Å². The molecule has 0 saturated carbocycles. The van der Waals surface area contributed by atoms with E-state index < -0.39 is 0 Å². The Morgan fingerprint density at radius 2 is 1.63 bits per heavy atom. The van der Waals surface area contributed by atoms with Crippen molar-refractivity contribution in [2.24, 2.45) is 0 Å². The molecule has 0 unspecified atom stereocenters. The number of Topliss-reactive ketones (excluding diaryl/α,β-unsaturated/α-hetero) is 1. The van der Waals surface area contributed by atoms with E-state index in [2.05, 4.69) is 12.1 Å². The first-order valence-electron chi connectivity index (χ1n) is 6.29. The number of hydrogen-bond donors (Lipinski definition) is 0. The third-order valence-corrected chi connectivity index (χ3v) is 3.27. The molecule has 0 amide bonds. The topological polar surface area (TPSA) is 26.3 Å². The predicted molar refractivity (Wildman–Crippen MR) is 77.9 cm³/mol. The number of carbonyl (C=O) groups excluding carboxylic acids is 1. The monoisotopic (exact) mass is 254 g/mol. The molecule has 0 aliphatic heterocycles. The highest BCUT2D eigenvalue weighted by atomic mass is 16.5. The molecule has 98 valence electrons. The van der Waals surface area contributed by atoms with Crippen LogP contribution in [0.25, 0.3) is 11.1 Å². The Morgan fingerprint density at radius 3 is 2.16 bits per heavy atom. The quantitative estimate of drug-likeness (QED) is 0.768. The Labute approximate surface area is 114 Å². The summed E-state index contributed by atoms with van der Waals surface area (Å²) >= 11 is 0. The van der Waals surface area contributed by atoms with Gasteiger partial charge >= 0.3 is 0 Å². The number of methoxy groups -OCH3 is 1. The molecule has 0 heterocycles. The van der Waals surface area contributed by atoms with Gasteiger partial charge < -0.3 is 4.74 Å². The lowest BCUT2D eigenvalue weighted by Crippen LogP contribution is -1.94. The molecule has 0 atom stereocenters. The molecule has 0 N–H and O–H groups in total. The van der Waals surface area contributed by atoms with Crippen LogP contribution in [0, 0.1) is 13.8 Å². The van der Waals surface area contributed by atoms with Crippen LogP contribution in [0.15, 0.2) is 36.4 Å². The second-order valence-corrected chi connectivity index (χ2v) is 4.78. The van der Waals surface area contributed by atoms with E-state index in [1.165, 1.54) is 0 Å². The van der Waals surface area contributed by atoms with E-state index in [4.69, 9.17) is 4.74 Å². The molecule has 2 aromatic carbocycles. The molecule has 2 aromatic rings. The van der Waals surface area contributed by atoms with Crippen molar-refractivity contribution in [2.45, 2.75) is 20.8 Å². The first-order valence-corrected chi connectivity index (χ1v) is 6.29. The first kappa shape index (κ1) is 13.3. The normalized spacial score (nSPS) is 10.3. The van der Waals surface area contributed by atoms with E-state index in [1.807, 2.05) is 38.1 Å². The minimum atomic E-state index is 0.0869. The maximum atomic E-state index is 11.4. The van der Waals surface area contributed by atoms with Gasteiger partial charge in [-0.2, -0.15) is 0 Å². The molecule has 0 radical (unpaired) electrons. The van der Waals surface area contributed by atoms with Crippen LogP contribution in [0.4, 0.5) is 0 Å². The van der Waals surface area contributed by atoms with Crippen molar-refractivity contribution in [1.29, 1.82) is 0 Å². The number of rotatable bonds is 3. The van der Waals surface area contributed by atoms with Crippen molar-refractivity contribution < 1.29 is 9.53 Å². The van der Waals surface area contributed by atoms with Crippen molar-refractivity contribution in [3.63, 3.8) is 0 Å². The summed E-state index contributed by atoms with van der Waals surface area (Å²) < 4.78 is 5.37. The molecular formula is C17H18O2. The lowest BCUT2D eigenvalue weighted by atomic mass is 9.97. The van der Waals surface area contributed by atoms with Crippen LogP contribution in [-0.2, 0) is 0 Å². The van der Waals surface area contributed by atoms with E-state index in [-0.39, 0.29) is 5.78 Å². The number of benzene rings is 2. The van der Waals surface area contributed by atoms with E-state index in [1.54, 1.807) is 14.0 Å². The van der Waals surface area contributed by atoms with Crippen LogP contribution >= 0.6 is 0 Å². The summed E-state index contributed by atoms with van der Waals surface area (Å²) in [5, 5.41) is 0. The Balaban J connectivity index is 2.53. The maximum absolute atomic E-state index is 11.4. The Morgan fingerprint density at radius 1 is 1.00 bits per heavy atom. The highest BCUT2D eigenvalue weighted by Crippen LogP contribution is 2.30. The number of ketones is 1. The van der Waals surface area contributed by atoms with Crippen LogP contribution in [0.2, 0.25) is 0 Å². The van der Waals surface area contributed by atoms with Crippen LogP contribution < -0.4 is 4.74 Å². The van der Waals surface area contributed by atoms with Crippen molar-refractivity contribution in [3.8, 4) is 16.9 Å². The zero-order valence-electron chi connectivity index (χ0n) is 11.8. The van der Waals surface area contributed by atoms with Crippen LogP contribution in [0.1, 0.15) is 28.4 Å². The van der Waals surface area contributed by atoms with Crippen LogP contribution in [0.3, 0.4) is 0 Å². The number of ether oxygens (including phenoxy) is 1. The molecule has 2 rings (SSSR count). The van der Waals surface area contributed by atoms with Gasteiger partial charge in [0.15, 0.2) is 5.78 Å². The summed E-state index contributed by atoms with van der Waals surface area (Å²) in [7, 11) is 1.69. The van der Waals surface area contributed by atoms with Gasteiger partial charge in [-0.1, -0.05) is 18.2 Å². The predicted octanol–water partition coefficient (Wildman–Crippen LogP) is 4.18. The average Bonchev–Trinajstić information content (AvgIpc) is 2.38. The molecule has 0 aliphatic rings. The summed E-state index contributed by atoms with van der Waals surface area (Å²) in [5.74, 6) is 1.01. The Bertz CT molecular complexity index is 604. The van der Waals surface area contributed by atoms with Gasteiger partial charge in [-0.3, -0.25) is 4.79 Å². The molecule has 2 nitrogen and oxygen atoms in total. The van der Waals surface area contributed by atoms with E-state index in [0.717, 1.165) is 33.6 Å². The summed E-state index contributed by atoms with van der Waals surface area (Å²) in [5.41, 5.74) is 5.11. The zero-order chi connectivity index (χ0) is 14.0. The van der Waals surface area contributed by atoms with E-state index in [0.29, 0.717) is 0 Å². The smallest absolute Gasteiger partial charge is 0.159 e. The van der Waals surface area contributed by atoms with Gasteiger partial charge in [-0.05, 0) is 61.2 Å². The van der Waals surface area contributed by atoms with E-state index >= 15 is 0 Å². The fourth-order valence-electron chi connectivity index (χ4n) is 2.36. The lowest BCUT2D eigenvalue weighted by Gasteiger charge is -2.12. The SMILES string of the molecule is COc1c(C)cc(-c2cccc(C(C)=O)c2)cc1C. The number of hydrogen-bond acceptors (Lipinski definition) is 2. The zero-order valence-corrected chi connectivity index (χ0v) is 11.8. The average molecular weight is 254 g/mol. The lowest BCUT2D eigenvalue weighted by molar-refractivity contribution is 0.101. The minimum absolute atomic E-state index is 0.0869. The van der Waals surface area contributed by atoms with Crippen LogP contribution in [0.5, 0.6) is 5.75 Å². The summed E-state index contributed by atoms with van der Waals surface area (Å²) in [6.07, 6.45) is 0. The summed E-state index contributed by atoms with van der Waals surface area (Å²) in [6, 6.07) is 11.9. The standard InChI is InChI=1S/C17H18O2/c1-11-8-16(9-12(2)17(11)19-4)15-7-5-6-14(10-15)13(3)18/h5-10H,1-4H3. The highest BCUT2D eigenvalue weighted by molar-refractivity contribution is 5.95. The molecule has 2 heteroatoms. The summed E-state index contributed by atoms with van der Waals surface area (Å²) in [6.45, 7) is 5.65. The fraction of sp³-hybridized carbons (Fsp3) is 0.235. The van der Waals surface area contributed by atoms with Crippen molar-refractivity contribution >= 4 is 5.78 Å². The Hall–Kier alpha value is -2.09. The molecule has 0 bridgehead atoms. The van der Waals surface area contributed by atoms with Crippen LogP contribution in [-0.4, -0.2) is 12.9 Å². The van der Waals surface area contributed by atoms with Gasteiger partial charge in [-0.25, -0.2) is 0 Å². The highest BCUT2D eigenvalue weighted by Gasteiger charge is 2.08. The second kappa shape index (κ2) is 5.27. The largest absolute Gasteiger partial charge is 0.496 e. The first-order chi connectivity index (χ1) is 9.02. The molecule has 0 spiro atoms.